The molecule has 1 radical (unpaired) electrons. The molecule has 161 valence electrons. The van der Waals surface area contributed by atoms with Crippen LogP contribution in [0.5, 0.6) is 0 Å². The predicted molar refractivity (Wildman–Crippen MR) is 122 cm³/mol. The van der Waals surface area contributed by atoms with Crippen LogP contribution in [0.15, 0.2) is 40.9 Å². The van der Waals surface area contributed by atoms with Gasteiger partial charge in [-0.2, -0.15) is 0 Å². The molecule has 31 heavy (non-hydrogen) atoms. The highest BCUT2D eigenvalue weighted by molar-refractivity contribution is 9.10. The molecule has 2 aromatic carbocycles. The molecule has 0 aliphatic carbocycles. The lowest BCUT2D eigenvalue weighted by Gasteiger charge is -2.33. The van der Waals surface area contributed by atoms with Crippen molar-refractivity contribution in [3.63, 3.8) is 0 Å². The van der Waals surface area contributed by atoms with E-state index in [1.807, 2.05) is 25.1 Å². The van der Waals surface area contributed by atoms with Crippen LogP contribution < -0.4 is 0 Å². The van der Waals surface area contributed by atoms with Gasteiger partial charge in [0.1, 0.15) is 0 Å². The van der Waals surface area contributed by atoms with E-state index in [4.69, 9.17) is 0 Å². The zero-order valence-corrected chi connectivity index (χ0v) is 19.0. The summed E-state index contributed by atoms with van der Waals surface area (Å²) in [7, 11) is 0. The van der Waals surface area contributed by atoms with Gasteiger partial charge in [-0.15, -0.1) is 0 Å². The fourth-order valence-corrected chi connectivity index (χ4v) is 4.08. The van der Waals surface area contributed by atoms with E-state index in [0.29, 0.717) is 43.7 Å². The third-order valence-electron chi connectivity index (χ3n) is 5.35. The summed E-state index contributed by atoms with van der Waals surface area (Å²) in [6, 6.07) is 11.6. The summed E-state index contributed by atoms with van der Waals surface area (Å²) < 4.78 is 0.896. The Balaban J connectivity index is 1.94. The smallest absolute Gasteiger partial charge is 0.285 e. The quantitative estimate of drug-likeness (QED) is 0.363. The largest absolute Gasteiger partial charge is 0.339 e. The first kappa shape index (κ1) is 22.7. The monoisotopic (exact) mass is 484 g/mol. The molecular formula is C23H23BrN3O4. The number of hydrogen-bond acceptors (Lipinski definition) is 4. The summed E-state index contributed by atoms with van der Waals surface area (Å²) in [5.74, 6) is -0.183. The zero-order chi connectivity index (χ0) is 22.5. The number of carbonyl (C=O) groups excluding carboxylic acids is 2. The first-order valence-electron chi connectivity index (χ1n) is 10.0. The molecule has 1 saturated heterocycles. The van der Waals surface area contributed by atoms with Crippen LogP contribution in [0, 0.1) is 16.2 Å². The van der Waals surface area contributed by atoms with E-state index in [2.05, 4.69) is 22.0 Å². The van der Waals surface area contributed by atoms with Gasteiger partial charge in [-0.3, -0.25) is 19.7 Å². The van der Waals surface area contributed by atoms with Gasteiger partial charge in [0.25, 0.3) is 5.69 Å². The van der Waals surface area contributed by atoms with Gasteiger partial charge in [0.2, 0.25) is 11.8 Å². The second-order valence-corrected chi connectivity index (χ2v) is 8.15. The maximum Gasteiger partial charge on any atom is 0.285 e. The van der Waals surface area contributed by atoms with Crippen LogP contribution in [-0.4, -0.2) is 52.7 Å². The molecule has 0 unspecified atom stereocenters. The molecule has 0 bridgehead atoms. The average molecular weight is 485 g/mol. The van der Waals surface area contributed by atoms with Gasteiger partial charge in [0.15, 0.2) is 0 Å². The minimum atomic E-state index is -0.447. The van der Waals surface area contributed by atoms with E-state index in [-0.39, 0.29) is 17.5 Å². The summed E-state index contributed by atoms with van der Waals surface area (Å²) in [6.07, 6.45) is 3.76. The Bertz CT molecular complexity index is 1040. The van der Waals surface area contributed by atoms with Crippen LogP contribution >= 0.6 is 15.9 Å². The molecule has 7 nitrogen and oxygen atoms in total. The lowest BCUT2D eigenvalue weighted by molar-refractivity contribution is -0.384. The second kappa shape index (κ2) is 9.87. The number of piperazine rings is 1. The van der Waals surface area contributed by atoms with E-state index >= 15 is 0 Å². The van der Waals surface area contributed by atoms with Gasteiger partial charge >= 0.3 is 0 Å². The third kappa shape index (κ3) is 5.19. The van der Waals surface area contributed by atoms with Crippen LogP contribution in [0.3, 0.4) is 0 Å². The minimum Gasteiger partial charge on any atom is -0.339 e. The van der Waals surface area contributed by atoms with Crippen molar-refractivity contribution in [1.82, 2.24) is 9.80 Å². The van der Waals surface area contributed by atoms with Crippen molar-refractivity contribution in [1.29, 1.82) is 0 Å². The molecule has 3 rings (SSSR count). The van der Waals surface area contributed by atoms with E-state index in [9.17, 15) is 19.7 Å². The van der Waals surface area contributed by atoms with Gasteiger partial charge in [-0.1, -0.05) is 35.0 Å². The van der Waals surface area contributed by atoms with Crippen LogP contribution in [0.1, 0.15) is 25.0 Å². The van der Waals surface area contributed by atoms with Crippen molar-refractivity contribution >= 4 is 39.5 Å². The maximum atomic E-state index is 12.7. The number of nitro groups is 1. The van der Waals surface area contributed by atoms with Crippen LogP contribution in [0.2, 0.25) is 0 Å². The fraction of sp³-hybridized carbons (Fsp3) is 0.304. The lowest BCUT2D eigenvalue weighted by atomic mass is 9.92. The van der Waals surface area contributed by atoms with E-state index in [1.165, 1.54) is 19.1 Å². The van der Waals surface area contributed by atoms with Gasteiger partial charge < -0.3 is 9.80 Å². The van der Waals surface area contributed by atoms with Gasteiger partial charge in [0.05, 0.1) is 16.6 Å². The highest BCUT2D eigenvalue weighted by atomic mass is 79.9. The van der Waals surface area contributed by atoms with Crippen molar-refractivity contribution in [3.05, 3.63) is 68.2 Å². The van der Waals surface area contributed by atoms with Crippen molar-refractivity contribution in [2.75, 3.05) is 26.2 Å². The Morgan fingerprint density at radius 3 is 2.48 bits per heavy atom. The van der Waals surface area contributed by atoms with Gasteiger partial charge in [0, 0.05) is 43.7 Å². The Morgan fingerprint density at radius 2 is 1.87 bits per heavy atom. The Kier molecular flexibility index (Phi) is 7.22. The number of carbonyl (C=O) groups is 2. The minimum absolute atomic E-state index is 0.00125. The molecule has 0 aromatic heterocycles. The zero-order valence-electron chi connectivity index (χ0n) is 17.4. The van der Waals surface area contributed by atoms with Crippen molar-refractivity contribution in [3.8, 4) is 11.1 Å². The molecule has 0 N–H and O–H groups in total. The number of halogens is 1. The van der Waals surface area contributed by atoms with Crippen LogP contribution in [0.25, 0.3) is 17.2 Å². The normalized spacial score (nSPS) is 14.2. The summed E-state index contributed by atoms with van der Waals surface area (Å²) in [4.78, 5) is 38.8. The highest BCUT2D eigenvalue weighted by Crippen LogP contribution is 2.37. The maximum absolute atomic E-state index is 12.7. The highest BCUT2D eigenvalue weighted by Gasteiger charge is 2.23. The number of aryl methyl sites for hydroxylation is 1. The first-order valence-corrected chi connectivity index (χ1v) is 10.8. The summed E-state index contributed by atoms with van der Waals surface area (Å²) in [5, 5.41) is 11.7. The average Bonchev–Trinajstić information content (AvgIpc) is 2.77. The predicted octanol–water partition coefficient (Wildman–Crippen LogP) is 4.09. The summed E-state index contributed by atoms with van der Waals surface area (Å²) >= 11 is 3.45. The van der Waals surface area contributed by atoms with Crippen molar-refractivity contribution < 1.29 is 14.5 Å². The number of hydrogen-bond donors (Lipinski definition) is 0. The number of benzene rings is 2. The fourth-order valence-electron chi connectivity index (χ4n) is 3.68. The molecule has 2 amide bonds. The third-order valence-corrected chi connectivity index (χ3v) is 5.84. The number of nitrogens with zero attached hydrogens (tertiary/aromatic N) is 3. The van der Waals surface area contributed by atoms with Crippen LogP contribution in [-0.2, 0) is 16.0 Å². The molecule has 0 saturated carbocycles. The molecule has 1 heterocycles. The van der Waals surface area contributed by atoms with Gasteiger partial charge in [-0.05, 0) is 47.4 Å². The SMILES string of the molecule is CCc1cc(Br)ccc1-c1c([N+](=O)[O-])[c]ccc1/C=C/C(=O)N1CCN(C(C)=O)CC1. The standard InChI is InChI=1S/C23H23BrN3O4/c1-3-17-15-19(24)8-9-20(17)23-18(5-4-6-21(23)27(30)31)7-10-22(29)26-13-11-25(12-14-26)16(2)28/h4-5,7-10,15H,3,11-14H2,1-2H3/b10-7+. The molecule has 1 fully saturated rings. The molecule has 0 spiro atoms. The molecule has 1 aliphatic rings. The van der Waals surface area contributed by atoms with Gasteiger partial charge in [-0.25, -0.2) is 0 Å². The number of rotatable bonds is 5. The summed E-state index contributed by atoms with van der Waals surface area (Å²) in [6.45, 7) is 5.44. The Labute approximate surface area is 189 Å². The van der Waals surface area contributed by atoms with E-state index < -0.39 is 4.92 Å². The topological polar surface area (TPSA) is 83.8 Å². The Morgan fingerprint density at radius 1 is 1.19 bits per heavy atom. The molecule has 0 atom stereocenters. The Hall–Kier alpha value is -3.00. The molecule has 8 heteroatoms. The van der Waals surface area contributed by atoms with E-state index in [1.54, 1.807) is 21.9 Å². The number of amides is 2. The van der Waals surface area contributed by atoms with Crippen molar-refractivity contribution in [2.24, 2.45) is 0 Å². The number of nitro benzene ring substituents is 1. The lowest BCUT2D eigenvalue weighted by Crippen LogP contribution is -2.49. The first-order chi connectivity index (χ1) is 14.8. The molecular weight excluding hydrogens is 462 g/mol. The van der Waals surface area contributed by atoms with Crippen molar-refractivity contribution in [2.45, 2.75) is 20.3 Å². The molecule has 1 aliphatic heterocycles. The van der Waals surface area contributed by atoms with Crippen LogP contribution in [0.4, 0.5) is 5.69 Å². The van der Waals surface area contributed by atoms with E-state index in [0.717, 1.165) is 15.6 Å². The summed E-state index contributed by atoms with van der Waals surface area (Å²) in [5.41, 5.74) is 2.61. The second-order valence-electron chi connectivity index (χ2n) is 7.23. The molecule has 2 aromatic rings.